The van der Waals surface area contributed by atoms with Gasteiger partial charge >= 0.3 is 6.09 Å². The molecule has 0 saturated carbocycles. The van der Waals surface area contributed by atoms with Gasteiger partial charge in [-0.05, 0) is 25.3 Å². The van der Waals surface area contributed by atoms with Gasteiger partial charge in [-0.1, -0.05) is 11.6 Å². The number of nitrogens with zero attached hydrogens (tertiary/aromatic N) is 3. The lowest BCUT2D eigenvalue weighted by Crippen LogP contribution is -2.50. The standard InChI is InChI=1S/C16H20ClN3O4/c1-23-14-10-11(9-13(17)18-14)15(21)19-6-3-12(4-7-19)20-5-2-8-24-16(20)22/h9-10,12H,2-8H2,1H3. The minimum absolute atomic E-state index is 0.0997. The second-order valence-electron chi connectivity index (χ2n) is 5.91. The van der Waals surface area contributed by atoms with Gasteiger partial charge in [0.1, 0.15) is 5.15 Å². The van der Waals surface area contributed by atoms with Crippen molar-refractivity contribution in [2.24, 2.45) is 0 Å². The maximum Gasteiger partial charge on any atom is 0.410 e. The molecular formula is C16H20ClN3O4. The summed E-state index contributed by atoms with van der Waals surface area (Å²) in [4.78, 5) is 32.0. The summed E-state index contributed by atoms with van der Waals surface area (Å²) in [6, 6.07) is 3.26. The van der Waals surface area contributed by atoms with Crippen LogP contribution in [0.2, 0.25) is 5.15 Å². The largest absolute Gasteiger partial charge is 0.481 e. The maximum absolute atomic E-state index is 12.6. The predicted molar refractivity (Wildman–Crippen MR) is 87.4 cm³/mol. The number of methoxy groups -OCH3 is 1. The van der Waals surface area contributed by atoms with Crippen molar-refractivity contribution in [3.63, 3.8) is 0 Å². The van der Waals surface area contributed by atoms with Crippen LogP contribution in [0.25, 0.3) is 0 Å². The summed E-state index contributed by atoms with van der Waals surface area (Å²) in [6.07, 6.45) is 2.12. The second kappa shape index (κ2) is 7.25. The zero-order valence-electron chi connectivity index (χ0n) is 13.5. The number of rotatable bonds is 3. The highest BCUT2D eigenvalue weighted by Crippen LogP contribution is 2.23. The fourth-order valence-electron chi connectivity index (χ4n) is 3.16. The van der Waals surface area contributed by atoms with Gasteiger partial charge in [-0.2, -0.15) is 0 Å². The summed E-state index contributed by atoms with van der Waals surface area (Å²) in [5.41, 5.74) is 0.461. The first-order valence-electron chi connectivity index (χ1n) is 8.02. The van der Waals surface area contributed by atoms with E-state index in [2.05, 4.69) is 4.98 Å². The minimum atomic E-state index is -0.239. The summed E-state index contributed by atoms with van der Waals surface area (Å²) in [6.45, 7) is 2.41. The Bertz CT molecular complexity index is 632. The molecule has 3 heterocycles. The fourth-order valence-corrected chi connectivity index (χ4v) is 3.37. The van der Waals surface area contributed by atoms with Crippen molar-refractivity contribution in [1.29, 1.82) is 0 Å². The molecule has 2 saturated heterocycles. The van der Waals surface area contributed by atoms with Gasteiger partial charge in [-0.3, -0.25) is 4.79 Å². The molecule has 0 aromatic carbocycles. The molecule has 1 aromatic heterocycles. The van der Waals surface area contributed by atoms with Crippen molar-refractivity contribution >= 4 is 23.6 Å². The van der Waals surface area contributed by atoms with Crippen molar-refractivity contribution in [1.82, 2.24) is 14.8 Å². The van der Waals surface area contributed by atoms with Crippen LogP contribution in [0.3, 0.4) is 0 Å². The first-order chi connectivity index (χ1) is 11.6. The van der Waals surface area contributed by atoms with E-state index in [-0.39, 0.29) is 23.2 Å². The summed E-state index contributed by atoms with van der Waals surface area (Å²) in [5.74, 6) is 0.217. The van der Waals surface area contributed by atoms with Crippen LogP contribution in [0.15, 0.2) is 12.1 Å². The lowest BCUT2D eigenvalue weighted by Gasteiger charge is -2.39. The first kappa shape index (κ1) is 16.8. The van der Waals surface area contributed by atoms with E-state index in [1.165, 1.54) is 7.11 Å². The van der Waals surface area contributed by atoms with Crippen LogP contribution in [0, 0.1) is 0 Å². The number of piperidine rings is 1. The van der Waals surface area contributed by atoms with E-state index in [9.17, 15) is 9.59 Å². The van der Waals surface area contributed by atoms with E-state index in [4.69, 9.17) is 21.1 Å². The highest BCUT2D eigenvalue weighted by atomic mass is 35.5. The smallest absolute Gasteiger partial charge is 0.410 e. The Hall–Kier alpha value is -2.02. The lowest BCUT2D eigenvalue weighted by molar-refractivity contribution is 0.0356. The average molecular weight is 354 g/mol. The Morgan fingerprint density at radius 1 is 1.33 bits per heavy atom. The highest BCUT2D eigenvalue weighted by Gasteiger charge is 2.32. The van der Waals surface area contributed by atoms with E-state index >= 15 is 0 Å². The van der Waals surface area contributed by atoms with Crippen molar-refractivity contribution < 1.29 is 19.1 Å². The number of carbonyl (C=O) groups is 2. The Labute approximate surface area is 145 Å². The van der Waals surface area contributed by atoms with Gasteiger partial charge in [0.05, 0.1) is 13.7 Å². The van der Waals surface area contributed by atoms with Crippen molar-refractivity contribution in [3.05, 3.63) is 22.8 Å². The Kier molecular flexibility index (Phi) is 5.08. The van der Waals surface area contributed by atoms with Gasteiger partial charge in [0.25, 0.3) is 5.91 Å². The number of likely N-dealkylation sites (tertiary alicyclic amines) is 1. The van der Waals surface area contributed by atoms with Gasteiger partial charge in [0, 0.05) is 37.3 Å². The molecule has 0 bridgehead atoms. The summed E-state index contributed by atoms with van der Waals surface area (Å²) < 4.78 is 10.2. The monoisotopic (exact) mass is 353 g/mol. The van der Waals surface area contributed by atoms with Crippen LogP contribution >= 0.6 is 11.6 Å². The number of ether oxygens (including phenoxy) is 2. The molecule has 24 heavy (non-hydrogen) atoms. The van der Waals surface area contributed by atoms with Crippen LogP contribution in [-0.4, -0.2) is 66.2 Å². The fraction of sp³-hybridized carbons (Fsp3) is 0.562. The first-order valence-corrected chi connectivity index (χ1v) is 8.40. The highest BCUT2D eigenvalue weighted by molar-refractivity contribution is 6.29. The molecule has 0 N–H and O–H groups in total. The molecule has 2 aliphatic rings. The van der Waals surface area contributed by atoms with Crippen molar-refractivity contribution in [3.8, 4) is 5.88 Å². The van der Waals surface area contributed by atoms with Crippen LogP contribution in [0.5, 0.6) is 5.88 Å². The topological polar surface area (TPSA) is 72.0 Å². The number of cyclic esters (lactones) is 1. The molecule has 1 aromatic rings. The van der Waals surface area contributed by atoms with E-state index in [0.717, 1.165) is 25.8 Å². The molecule has 0 radical (unpaired) electrons. The number of pyridine rings is 1. The quantitative estimate of drug-likeness (QED) is 0.779. The van der Waals surface area contributed by atoms with Crippen LogP contribution < -0.4 is 4.74 Å². The maximum atomic E-state index is 12.6. The lowest BCUT2D eigenvalue weighted by atomic mass is 10.0. The number of amides is 2. The summed E-state index contributed by atoms with van der Waals surface area (Å²) in [5, 5.41) is 0.226. The van der Waals surface area contributed by atoms with Gasteiger partial charge in [-0.15, -0.1) is 0 Å². The SMILES string of the molecule is COc1cc(C(=O)N2CCC(N3CCCOC3=O)CC2)cc(Cl)n1. The normalized spacial score (nSPS) is 19.2. The molecule has 2 amide bonds. The van der Waals surface area contributed by atoms with Crippen molar-refractivity contribution in [2.75, 3.05) is 33.4 Å². The molecule has 7 nitrogen and oxygen atoms in total. The number of carbonyl (C=O) groups excluding carboxylic acids is 2. The molecule has 2 aliphatic heterocycles. The van der Waals surface area contributed by atoms with E-state index in [1.807, 2.05) is 0 Å². The zero-order valence-corrected chi connectivity index (χ0v) is 14.3. The molecule has 0 aliphatic carbocycles. The number of aromatic nitrogens is 1. The number of hydrogen-bond donors (Lipinski definition) is 0. The van der Waals surface area contributed by atoms with E-state index in [1.54, 1.807) is 21.9 Å². The Balaban J connectivity index is 1.63. The Morgan fingerprint density at radius 3 is 2.75 bits per heavy atom. The molecule has 130 valence electrons. The second-order valence-corrected chi connectivity index (χ2v) is 6.29. The molecular weight excluding hydrogens is 334 g/mol. The minimum Gasteiger partial charge on any atom is -0.481 e. The molecule has 3 rings (SSSR count). The third-order valence-electron chi connectivity index (χ3n) is 4.42. The Morgan fingerprint density at radius 2 is 2.08 bits per heavy atom. The van der Waals surface area contributed by atoms with Gasteiger partial charge in [0.15, 0.2) is 0 Å². The van der Waals surface area contributed by atoms with Gasteiger partial charge < -0.3 is 19.3 Å². The molecule has 8 heteroatoms. The number of hydrogen-bond acceptors (Lipinski definition) is 5. The zero-order chi connectivity index (χ0) is 17.1. The van der Waals surface area contributed by atoms with E-state index in [0.29, 0.717) is 31.1 Å². The van der Waals surface area contributed by atoms with Gasteiger partial charge in [0.2, 0.25) is 5.88 Å². The van der Waals surface area contributed by atoms with Crippen LogP contribution in [-0.2, 0) is 4.74 Å². The molecule has 0 unspecified atom stereocenters. The van der Waals surface area contributed by atoms with Crippen LogP contribution in [0.1, 0.15) is 29.6 Å². The third kappa shape index (κ3) is 3.56. The van der Waals surface area contributed by atoms with E-state index < -0.39 is 0 Å². The molecule has 0 spiro atoms. The number of halogens is 1. The summed E-state index contributed by atoms with van der Waals surface area (Å²) in [7, 11) is 1.48. The van der Waals surface area contributed by atoms with Crippen LogP contribution in [0.4, 0.5) is 4.79 Å². The third-order valence-corrected chi connectivity index (χ3v) is 4.62. The van der Waals surface area contributed by atoms with Gasteiger partial charge in [-0.25, -0.2) is 9.78 Å². The predicted octanol–water partition coefficient (Wildman–Crippen LogP) is 2.19. The average Bonchev–Trinajstić information content (AvgIpc) is 2.61. The molecule has 0 atom stereocenters. The molecule has 2 fully saturated rings. The summed E-state index contributed by atoms with van der Waals surface area (Å²) >= 11 is 5.93. The van der Waals surface area contributed by atoms with Crippen molar-refractivity contribution in [2.45, 2.75) is 25.3 Å².